The van der Waals surface area contributed by atoms with E-state index in [1.54, 1.807) is 12.1 Å². The van der Waals surface area contributed by atoms with E-state index in [2.05, 4.69) is 9.46 Å². The van der Waals surface area contributed by atoms with E-state index < -0.39 is 16.0 Å². The number of sulfonamides is 1. The summed E-state index contributed by atoms with van der Waals surface area (Å²) in [5.41, 5.74) is 1.06. The van der Waals surface area contributed by atoms with E-state index in [9.17, 15) is 13.2 Å². The van der Waals surface area contributed by atoms with Crippen LogP contribution in [-0.2, 0) is 21.2 Å². The van der Waals surface area contributed by atoms with E-state index in [-0.39, 0.29) is 17.0 Å². The molecule has 0 saturated heterocycles. The zero-order valence-corrected chi connectivity index (χ0v) is 13.0. The van der Waals surface area contributed by atoms with Gasteiger partial charge in [0.2, 0.25) is 10.0 Å². The van der Waals surface area contributed by atoms with Crippen LogP contribution < -0.4 is 4.72 Å². The summed E-state index contributed by atoms with van der Waals surface area (Å²) in [5, 5.41) is 0. The van der Waals surface area contributed by atoms with Crippen molar-refractivity contribution in [2.24, 2.45) is 0 Å². The molecule has 0 aliphatic rings. The molecule has 0 unspecified atom stereocenters. The molecule has 2 rings (SSSR count). The summed E-state index contributed by atoms with van der Waals surface area (Å²) in [6, 6.07) is 15.5. The summed E-state index contributed by atoms with van der Waals surface area (Å²) < 4.78 is 31.8. The number of esters is 1. The molecule has 0 heterocycles. The van der Waals surface area contributed by atoms with Crippen LogP contribution in [-0.4, -0.2) is 28.0 Å². The van der Waals surface area contributed by atoms with Crippen molar-refractivity contribution < 1.29 is 17.9 Å². The van der Waals surface area contributed by atoms with Gasteiger partial charge in [0.25, 0.3) is 0 Å². The number of hydrogen-bond donors (Lipinski definition) is 1. The molecule has 0 bridgehead atoms. The molecule has 0 atom stereocenters. The maximum Gasteiger partial charge on any atom is 0.339 e. The third-order valence-corrected chi connectivity index (χ3v) is 4.65. The molecule has 0 aromatic heterocycles. The van der Waals surface area contributed by atoms with Crippen molar-refractivity contribution in [2.45, 2.75) is 11.3 Å². The Kier molecular flexibility index (Phi) is 5.30. The highest BCUT2D eigenvalue weighted by molar-refractivity contribution is 7.89. The Morgan fingerprint density at radius 2 is 1.68 bits per heavy atom. The molecule has 0 radical (unpaired) electrons. The Bertz CT molecular complexity index is 742. The van der Waals surface area contributed by atoms with Crippen molar-refractivity contribution in [1.29, 1.82) is 0 Å². The van der Waals surface area contributed by atoms with Crippen LogP contribution in [0.1, 0.15) is 15.9 Å². The molecule has 5 nitrogen and oxygen atoms in total. The second-order valence-corrected chi connectivity index (χ2v) is 6.36. The molecule has 0 saturated carbocycles. The fourth-order valence-electron chi connectivity index (χ4n) is 2.03. The van der Waals surface area contributed by atoms with Crippen LogP contribution in [0, 0.1) is 0 Å². The van der Waals surface area contributed by atoms with Crippen LogP contribution in [0.25, 0.3) is 0 Å². The first-order valence-electron chi connectivity index (χ1n) is 6.75. The van der Waals surface area contributed by atoms with Gasteiger partial charge >= 0.3 is 5.97 Å². The molecule has 0 aliphatic heterocycles. The van der Waals surface area contributed by atoms with Crippen LogP contribution in [0.2, 0.25) is 0 Å². The van der Waals surface area contributed by atoms with Crippen LogP contribution in [0.5, 0.6) is 0 Å². The fraction of sp³-hybridized carbons (Fsp3) is 0.188. The zero-order chi connectivity index (χ0) is 16.0. The van der Waals surface area contributed by atoms with Crippen LogP contribution in [0.4, 0.5) is 0 Å². The van der Waals surface area contributed by atoms with Gasteiger partial charge in [-0.1, -0.05) is 42.5 Å². The van der Waals surface area contributed by atoms with E-state index in [1.807, 2.05) is 30.3 Å². The van der Waals surface area contributed by atoms with Crippen molar-refractivity contribution in [3.05, 3.63) is 65.7 Å². The van der Waals surface area contributed by atoms with E-state index in [0.717, 1.165) is 5.56 Å². The second-order valence-electron chi connectivity index (χ2n) is 4.62. The summed E-state index contributed by atoms with van der Waals surface area (Å²) in [4.78, 5) is 11.6. The van der Waals surface area contributed by atoms with Crippen molar-refractivity contribution in [3.8, 4) is 0 Å². The Morgan fingerprint density at radius 3 is 2.36 bits per heavy atom. The average molecular weight is 319 g/mol. The topological polar surface area (TPSA) is 72.5 Å². The lowest BCUT2D eigenvalue weighted by atomic mass is 10.2. The van der Waals surface area contributed by atoms with Crippen LogP contribution in [0.15, 0.2) is 59.5 Å². The van der Waals surface area contributed by atoms with Crippen molar-refractivity contribution >= 4 is 16.0 Å². The molecule has 116 valence electrons. The van der Waals surface area contributed by atoms with Gasteiger partial charge in [-0.25, -0.2) is 17.9 Å². The van der Waals surface area contributed by atoms with Gasteiger partial charge in [0.05, 0.1) is 17.6 Å². The maximum atomic E-state index is 12.3. The Labute approximate surface area is 130 Å². The smallest absolute Gasteiger partial charge is 0.339 e. The van der Waals surface area contributed by atoms with E-state index >= 15 is 0 Å². The Balaban J connectivity index is 2.12. The number of ether oxygens (including phenoxy) is 1. The van der Waals surface area contributed by atoms with Crippen molar-refractivity contribution in [3.63, 3.8) is 0 Å². The minimum absolute atomic E-state index is 0.0252. The number of methoxy groups -OCH3 is 1. The Morgan fingerprint density at radius 1 is 1.05 bits per heavy atom. The largest absolute Gasteiger partial charge is 0.465 e. The number of benzene rings is 2. The van der Waals surface area contributed by atoms with Crippen molar-refractivity contribution in [1.82, 2.24) is 4.72 Å². The molecule has 0 aliphatic carbocycles. The number of rotatable bonds is 6. The maximum absolute atomic E-state index is 12.3. The highest BCUT2D eigenvalue weighted by Crippen LogP contribution is 2.16. The van der Waals surface area contributed by atoms with Crippen LogP contribution >= 0.6 is 0 Å². The van der Waals surface area contributed by atoms with Gasteiger partial charge in [-0.2, -0.15) is 0 Å². The predicted molar refractivity (Wildman–Crippen MR) is 83.1 cm³/mol. The first-order chi connectivity index (χ1) is 10.5. The third-order valence-electron chi connectivity index (χ3n) is 3.13. The lowest BCUT2D eigenvalue weighted by Gasteiger charge is -2.10. The summed E-state index contributed by atoms with van der Waals surface area (Å²) in [7, 11) is -2.55. The zero-order valence-electron chi connectivity index (χ0n) is 12.2. The number of carbonyl (C=O) groups excluding carboxylic acids is 1. The molecule has 6 heteroatoms. The van der Waals surface area contributed by atoms with Gasteiger partial charge in [-0.3, -0.25) is 0 Å². The summed E-state index contributed by atoms with van der Waals surface area (Å²) in [6.07, 6.45) is 0.570. The minimum Gasteiger partial charge on any atom is -0.465 e. The third kappa shape index (κ3) is 3.93. The molecule has 0 amide bonds. The summed E-state index contributed by atoms with van der Waals surface area (Å²) in [6.45, 7) is 0.252. The highest BCUT2D eigenvalue weighted by atomic mass is 32.2. The van der Waals surface area contributed by atoms with Crippen LogP contribution in [0.3, 0.4) is 0 Å². The SMILES string of the molecule is COC(=O)c1ccccc1S(=O)(=O)NCCc1ccccc1. The minimum atomic E-state index is -3.77. The molecule has 1 N–H and O–H groups in total. The molecule has 22 heavy (non-hydrogen) atoms. The van der Waals surface area contributed by atoms with Gasteiger partial charge in [-0.05, 0) is 24.1 Å². The predicted octanol–water partition coefficient (Wildman–Crippen LogP) is 1.99. The van der Waals surface area contributed by atoms with Gasteiger partial charge in [0.15, 0.2) is 0 Å². The highest BCUT2D eigenvalue weighted by Gasteiger charge is 2.21. The normalized spacial score (nSPS) is 11.1. The van der Waals surface area contributed by atoms with Gasteiger partial charge < -0.3 is 4.74 Å². The van der Waals surface area contributed by atoms with E-state index in [4.69, 9.17) is 0 Å². The monoisotopic (exact) mass is 319 g/mol. The van der Waals surface area contributed by atoms with Crippen molar-refractivity contribution in [2.75, 3.05) is 13.7 Å². The molecule has 0 spiro atoms. The Hall–Kier alpha value is -2.18. The molecule has 0 fully saturated rings. The van der Waals surface area contributed by atoms with Gasteiger partial charge in [-0.15, -0.1) is 0 Å². The van der Waals surface area contributed by atoms with E-state index in [1.165, 1.54) is 19.2 Å². The molecular formula is C16H17NO4S. The lowest BCUT2D eigenvalue weighted by molar-refractivity contribution is 0.0596. The second kappa shape index (κ2) is 7.20. The lowest BCUT2D eigenvalue weighted by Crippen LogP contribution is -2.27. The first-order valence-corrected chi connectivity index (χ1v) is 8.24. The van der Waals surface area contributed by atoms with E-state index in [0.29, 0.717) is 6.42 Å². The molecular weight excluding hydrogens is 302 g/mol. The number of nitrogens with one attached hydrogen (secondary N) is 1. The number of hydrogen-bond acceptors (Lipinski definition) is 4. The summed E-state index contributed by atoms with van der Waals surface area (Å²) in [5.74, 6) is -0.677. The molecule has 2 aromatic carbocycles. The molecule has 2 aromatic rings. The fourth-order valence-corrected chi connectivity index (χ4v) is 3.26. The van der Waals surface area contributed by atoms with Gasteiger partial charge in [0, 0.05) is 6.54 Å². The summed E-state index contributed by atoms with van der Waals surface area (Å²) >= 11 is 0. The average Bonchev–Trinajstić information content (AvgIpc) is 2.55. The standard InChI is InChI=1S/C16H17NO4S/c1-21-16(18)14-9-5-6-10-15(14)22(19,20)17-12-11-13-7-3-2-4-8-13/h2-10,17H,11-12H2,1H3. The number of carbonyl (C=O) groups is 1. The quantitative estimate of drug-likeness (QED) is 0.827. The first kappa shape index (κ1) is 16.2. The van der Waals surface area contributed by atoms with Gasteiger partial charge in [0.1, 0.15) is 0 Å².